The van der Waals surface area contributed by atoms with Gasteiger partial charge >= 0.3 is 0 Å². The van der Waals surface area contributed by atoms with Crippen LogP contribution in [0.5, 0.6) is 0 Å². The Morgan fingerprint density at radius 2 is 1.82 bits per heavy atom. The summed E-state index contributed by atoms with van der Waals surface area (Å²) in [5.41, 5.74) is 10.3. The second kappa shape index (κ2) is 10.7. The number of hydrogen-bond acceptors (Lipinski definition) is 5. The molecule has 0 unspecified atom stereocenters. The molecule has 0 aromatic heterocycles. The molecule has 1 aliphatic heterocycles. The van der Waals surface area contributed by atoms with Gasteiger partial charge in [-0.1, -0.05) is 36.4 Å². The van der Waals surface area contributed by atoms with Gasteiger partial charge in [-0.25, -0.2) is 4.39 Å². The van der Waals surface area contributed by atoms with Crippen LogP contribution in [0.2, 0.25) is 0 Å². The van der Waals surface area contributed by atoms with E-state index >= 15 is 0 Å². The van der Waals surface area contributed by atoms with Gasteiger partial charge in [-0.05, 0) is 47.5 Å². The van der Waals surface area contributed by atoms with Gasteiger partial charge in [0.15, 0.2) is 0 Å². The van der Waals surface area contributed by atoms with E-state index < -0.39 is 0 Å². The molecule has 1 amide bonds. The smallest absolute Gasteiger partial charge is 0.248 e. The third kappa shape index (κ3) is 6.11. The average Bonchev–Trinajstić information content (AvgIpc) is 2.84. The summed E-state index contributed by atoms with van der Waals surface area (Å²) in [6, 6.07) is 20.3. The van der Waals surface area contributed by atoms with E-state index in [1.165, 1.54) is 6.08 Å². The predicted octanol–water partition coefficient (Wildman–Crippen LogP) is 4.08. The van der Waals surface area contributed by atoms with Crippen LogP contribution in [0.4, 0.5) is 27.1 Å². The van der Waals surface area contributed by atoms with Crippen molar-refractivity contribution in [1.82, 2.24) is 5.32 Å². The van der Waals surface area contributed by atoms with Gasteiger partial charge in [0.25, 0.3) is 0 Å². The van der Waals surface area contributed by atoms with E-state index in [1.54, 1.807) is 24.3 Å². The zero-order valence-corrected chi connectivity index (χ0v) is 18.4. The molecule has 0 radical (unpaired) electrons. The topological polar surface area (TPSA) is 82.4 Å². The van der Waals surface area contributed by atoms with E-state index in [4.69, 9.17) is 5.73 Å². The van der Waals surface area contributed by atoms with E-state index in [1.807, 2.05) is 48.5 Å². The van der Waals surface area contributed by atoms with Crippen LogP contribution < -0.4 is 26.6 Å². The number of carbonyl (C=O) groups is 1. The summed E-state index contributed by atoms with van der Waals surface area (Å²) in [5.74, 6) is -0.456. The lowest BCUT2D eigenvalue weighted by Crippen LogP contribution is -2.43. The maximum atomic E-state index is 14.6. The van der Waals surface area contributed by atoms with Crippen LogP contribution in [-0.4, -0.2) is 32.1 Å². The number of para-hydroxylation sites is 2. The van der Waals surface area contributed by atoms with Crippen molar-refractivity contribution < 1.29 is 9.18 Å². The minimum atomic E-state index is -0.245. The van der Waals surface area contributed by atoms with E-state index in [-0.39, 0.29) is 11.7 Å². The summed E-state index contributed by atoms with van der Waals surface area (Å²) in [5, 5.41) is 9.31. The molecule has 1 aliphatic rings. The molecule has 33 heavy (non-hydrogen) atoms. The Kier molecular flexibility index (Phi) is 7.22. The summed E-state index contributed by atoms with van der Waals surface area (Å²) in [6.45, 7) is 3.94. The molecule has 0 atom stereocenters. The molecule has 3 aromatic carbocycles. The van der Waals surface area contributed by atoms with Crippen molar-refractivity contribution in [3.8, 4) is 0 Å². The molecule has 170 valence electrons. The van der Waals surface area contributed by atoms with Gasteiger partial charge in [0.1, 0.15) is 5.82 Å². The molecule has 0 aliphatic carbocycles. The molecular weight excluding hydrogens is 417 g/mol. The van der Waals surface area contributed by atoms with Crippen LogP contribution in [0.3, 0.4) is 0 Å². The summed E-state index contributed by atoms with van der Waals surface area (Å²) in [4.78, 5) is 14.2. The van der Waals surface area contributed by atoms with Gasteiger partial charge in [-0.2, -0.15) is 0 Å². The maximum absolute atomic E-state index is 14.6. The summed E-state index contributed by atoms with van der Waals surface area (Å²) < 4.78 is 14.6. The number of nitrogen functional groups attached to an aromatic ring is 1. The summed E-state index contributed by atoms with van der Waals surface area (Å²) >= 11 is 0. The first-order valence-corrected chi connectivity index (χ1v) is 11.0. The number of carbonyl (C=O) groups excluding carboxylic acids is 1. The number of amides is 1. The van der Waals surface area contributed by atoms with E-state index in [9.17, 15) is 9.18 Å². The fourth-order valence-electron chi connectivity index (χ4n) is 3.69. The Morgan fingerprint density at radius 3 is 2.55 bits per heavy atom. The van der Waals surface area contributed by atoms with Crippen LogP contribution >= 0.6 is 0 Å². The van der Waals surface area contributed by atoms with Crippen LogP contribution in [0.25, 0.3) is 6.08 Å². The van der Waals surface area contributed by atoms with Crippen molar-refractivity contribution >= 4 is 34.7 Å². The molecule has 1 heterocycles. The molecule has 6 nitrogen and oxygen atoms in total. The van der Waals surface area contributed by atoms with Crippen molar-refractivity contribution in [2.24, 2.45) is 0 Å². The number of rotatable bonds is 7. The second-order valence-corrected chi connectivity index (χ2v) is 7.91. The van der Waals surface area contributed by atoms with Crippen molar-refractivity contribution in [2.75, 3.05) is 47.4 Å². The highest BCUT2D eigenvalue weighted by molar-refractivity contribution is 6.03. The Morgan fingerprint density at radius 1 is 1.06 bits per heavy atom. The quantitative estimate of drug-likeness (QED) is 0.325. The standard InChI is InChI=1S/C26H28FN5O/c27-22-17-21(10-11-25(22)32-15-13-29-14-16-32)30-18-20-7-5-19(6-8-20)9-12-26(33)31-24-4-2-1-3-23(24)28/h1-12,17,29-30H,13-16,18,28H2,(H,31,33)/b12-9+. The molecule has 7 heteroatoms. The van der Waals surface area contributed by atoms with Crippen LogP contribution in [0, 0.1) is 5.82 Å². The molecule has 5 N–H and O–H groups in total. The molecule has 0 saturated carbocycles. The van der Waals surface area contributed by atoms with Crippen molar-refractivity contribution in [1.29, 1.82) is 0 Å². The number of anilines is 4. The number of benzene rings is 3. The minimum absolute atomic E-state index is 0.210. The average molecular weight is 446 g/mol. The predicted molar refractivity (Wildman–Crippen MR) is 134 cm³/mol. The zero-order valence-electron chi connectivity index (χ0n) is 18.4. The number of hydrogen-bond donors (Lipinski definition) is 4. The number of nitrogens with zero attached hydrogens (tertiary/aromatic N) is 1. The lowest BCUT2D eigenvalue weighted by Gasteiger charge is -2.29. The SMILES string of the molecule is Nc1ccccc1NC(=O)/C=C/c1ccc(CNc2ccc(N3CCNCC3)c(F)c2)cc1. The van der Waals surface area contributed by atoms with Crippen LogP contribution in [0.1, 0.15) is 11.1 Å². The van der Waals surface area contributed by atoms with Gasteiger partial charge < -0.3 is 26.6 Å². The highest BCUT2D eigenvalue weighted by Gasteiger charge is 2.14. The fourth-order valence-corrected chi connectivity index (χ4v) is 3.69. The van der Waals surface area contributed by atoms with Gasteiger partial charge in [-0.3, -0.25) is 4.79 Å². The Bertz CT molecular complexity index is 1120. The monoisotopic (exact) mass is 445 g/mol. The van der Waals surface area contributed by atoms with Gasteiger partial charge in [-0.15, -0.1) is 0 Å². The highest BCUT2D eigenvalue weighted by Crippen LogP contribution is 2.24. The molecule has 0 spiro atoms. The highest BCUT2D eigenvalue weighted by atomic mass is 19.1. The van der Waals surface area contributed by atoms with Gasteiger partial charge in [0.2, 0.25) is 5.91 Å². The number of piperazine rings is 1. The maximum Gasteiger partial charge on any atom is 0.248 e. The third-order valence-electron chi connectivity index (χ3n) is 5.53. The number of nitrogens with two attached hydrogens (primary N) is 1. The number of nitrogens with one attached hydrogen (secondary N) is 3. The zero-order chi connectivity index (χ0) is 23.0. The van der Waals surface area contributed by atoms with Gasteiger partial charge in [0, 0.05) is 44.5 Å². The first-order chi connectivity index (χ1) is 16.1. The second-order valence-electron chi connectivity index (χ2n) is 7.91. The summed E-state index contributed by atoms with van der Waals surface area (Å²) in [7, 11) is 0. The van der Waals surface area contributed by atoms with Gasteiger partial charge in [0.05, 0.1) is 17.1 Å². The fraction of sp³-hybridized carbons (Fsp3) is 0.192. The Labute approximate surface area is 193 Å². The van der Waals surface area contributed by atoms with Crippen molar-refractivity contribution in [2.45, 2.75) is 6.54 Å². The van der Waals surface area contributed by atoms with E-state index in [2.05, 4.69) is 20.9 Å². The summed E-state index contributed by atoms with van der Waals surface area (Å²) in [6.07, 6.45) is 3.22. The molecule has 4 rings (SSSR count). The van der Waals surface area contributed by atoms with E-state index in [0.717, 1.165) is 43.0 Å². The normalized spacial score (nSPS) is 13.8. The first kappa shape index (κ1) is 22.4. The first-order valence-electron chi connectivity index (χ1n) is 11.0. The lowest BCUT2D eigenvalue weighted by atomic mass is 10.1. The van der Waals surface area contributed by atoms with E-state index in [0.29, 0.717) is 23.6 Å². The Hall–Kier alpha value is -3.84. The lowest BCUT2D eigenvalue weighted by molar-refractivity contribution is -0.111. The van der Waals surface area contributed by atoms with Crippen molar-refractivity contribution in [3.05, 3.63) is 89.8 Å². The van der Waals surface area contributed by atoms with Crippen LogP contribution in [0.15, 0.2) is 72.8 Å². The molecular formula is C26H28FN5O. The van der Waals surface area contributed by atoms with Crippen molar-refractivity contribution in [3.63, 3.8) is 0 Å². The molecule has 1 fully saturated rings. The molecule has 1 saturated heterocycles. The van der Waals surface area contributed by atoms with Crippen LogP contribution in [-0.2, 0) is 11.3 Å². The Balaban J connectivity index is 1.29. The number of halogens is 1. The molecule has 0 bridgehead atoms. The largest absolute Gasteiger partial charge is 0.397 e. The minimum Gasteiger partial charge on any atom is -0.397 e. The molecule has 3 aromatic rings. The third-order valence-corrected chi connectivity index (χ3v) is 5.53.